The second-order valence-electron chi connectivity index (χ2n) is 13.2. The van der Waals surface area contributed by atoms with Crippen LogP contribution in [0.3, 0.4) is 0 Å². The molecule has 0 aromatic heterocycles. The fraction of sp³-hybridized carbons (Fsp3) is 0.0204. The van der Waals surface area contributed by atoms with Crippen LogP contribution in [0.25, 0.3) is 82.4 Å². The largest absolute Gasteiger partial charge is 0.509 e. The van der Waals surface area contributed by atoms with Crippen LogP contribution in [0.5, 0.6) is 0 Å². The minimum absolute atomic E-state index is 0.0709. The van der Waals surface area contributed by atoms with Gasteiger partial charge >= 0.3 is 0 Å². The topological polar surface area (TPSA) is 80.9 Å². The molecule has 0 aliphatic carbocycles. The molecule has 0 heterocycles. The van der Waals surface area contributed by atoms with Crippen LogP contribution in [-0.2, 0) is 0 Å². The van der Waals surface area contributed by atoms with E-state index in [0.29, 0.717) is 5.56 Å². The molecular formula is C49H36O4. The van der Waals surface area contributed by atoms with Crippen molar-refractivity contribution in [1.82, 2.24) is 0 Å². The lowest BCUT2D eigenvalue weighted by Gasteiger charge is -2.22. The Morgan fingerprint density at radius 3 is 1.49 bits per heavy atom. The van der Waals surface area contributed by atoms with Gasteiger partial charge in [0.2, 0.25) is 0 Å². The number of hydrogen-bond donors (Lipinski definition) is 4. The van der Waals surface area contributed by atoms with Crippen molar-refractivity contribution in [3.63, 3.8) is 0 Å². The SMILES string of the molecule is C=C(O)/C(=C(O)\C(O)=C(/C)O)c1c2ccccc2c(-c2cc(-c3ccc(-c4ccc5ccccc5c4)cc3)ccc2-c2ccccc2)c2ccccc12. The fourth-order valence-electron chi connectivity index (χ4n) is 7.40. The molecule has 0 radical (unpaired) electrons. The highest BCUT2D eigenvalue weighted by molar-refractivity contribution is 6.21. The molecule has 0 spiro atoms. The van der Waals surface area contributed by atoms with E-state index in [9.17, 15) is 20.4 Å². The molecule has 0 unspecified atom stereocenters. The van der Waals surface area contributed by atoms with Crippen LogP contribution in [0.15, 0.2) is 193 Å². The summed E-state index contributed by atoms with van der Waals surface area (Å²) in [6.45, 7) is 5.01. The highest BCUT2D eigenvalue weighted by Gasteiger charge is 2.25. The van der Waals surface area contributed by atoms with Crippen LogP contribution in [0.2, 0.25) is 0 Å². The minimum Gasteiger partial charge on any atom is -0.509 e. The summed E-state index contributed by atoms with van der Waals surface area (Å²) in [5.74, 6) is -2.34. The van der Waals surface area contributed by atoms with E-state index in [4.69, 9.17) is 0 Å². The Morgan fingerprint density at radius 2 is 0.906 bits per heavy atom. The molecule has 4 heteroatoms. The van der Waals surface area contributed by atoms with Gasteiger partial charge < -0.3 is 20.4 Å². The Kier molecular flexibility index (Phi) is 8.49. The highest BCUT2D eigenvalue weighted by atomic mass is 16.3. The van der Waals surface area contributed by atoms with E-state index in [0.717, 1.165) is 66.1 Å². The van der Waals surface area contributed by atoms with Crippen LogP contribution in [0.1, 0.15) is 12.5 Å². The second kappa shape index (κ2) is 13.6. The summed E-state index contributed by atoms with van der Waals surface area (Å²) >= 11 is 0. The van der Waals surface area contributed by atoms with E-state index < -0.39 is 23.0 Å². The van der Waals surface area contributed by atoms with Gasteiger partial charge in [-0.25, -0.2) is 0 Å². The van der Waals surface area contributed by atoms with E-state index >= 15 is 0 Å². The average molecular weight is 689 g/mol. The van der Waals surface area contributed by atoms with E-state index in [1.165, 1.54) is 17.7 Å². The van der Waals surface area contributed by atoms with Crippen molar-refractivity contribution in [2.45, 2.75) is 6.92 Å². The first-order chi connectivity index (χ1) is 25.8. The fourth-order valence-corrected chi connectivity index (χ4v) is 7.40. The standard InChI is InChI=1S/C49H36O4/c1-30(50)45(49(53)48(52)31(2)51)47-42-18-10-8-16-40(42)46(41-17-9-11-19-43(41)47)44-29-38(26-27-39(44)35-13-4-3-5-14-35)34-22-20-33(21-23-34)37-25-24-32-12-6-7-15-36(32)28-37/h3-29,50-53H,1H2,2H3/b48-31-,49-45-. The molecule has 4 nitrogen and oxygen atoms in total. The third kappa shape index (κ3) is 5.96. The molecule has 0 amide bonds. The summed E-state index contributed by atoms with van der Waals surface area (Å²) in [4.78, 5) is 0. The molecule has 0 bridgehead atoms. The lowest BCUT2D eigenvalue weighted by atomic mass is 9.82. The Labute approximate surface area is 307 Å². The molecule has 8 aromatic rings. The molecule has 0 fully saturated rings. The van der Waals surface area contributed by atoms with Gasteiger partial charge in [-0.2, -0.15) is 0 Å². The first-order valence-corrected chi connectivity index (χ1v) is 17.4. The monoisotopic (exact) mass is 688 g/mol. The summed E-state index contributed by atoms with van der Waals surface area (Å²) in [5, 5.41) is 48.6. The van der Waals surface area contributed by atoms with Crippen molar-refractivity contribution < 1.29 is 20.4 Å². The van der Waals surface area contributed by atoms with Gasteiger partial charge in [0.1, 0.15) is 11.5 Å². The van der Waals surface area contributed by atoms with E-state index in [1.807, 2.05) is 66.7 Å². The van der Waals surface area contributed by atoms with E-state index in [1.54, 1.807) is 0 Å². The Bertz CT molecular complexity index is 2710. The predicted molar refractivity (Wildman–Crippen MR) is 220 cm³/mol. The van der Waals surface area contributed by atoms with Crippen molar-refractivity contribution in [3.05, 3.63) is 199 Å². The summed E-state index contributed by atoms with van der Waals surface area (Å²) in [7, 11) is 0. The molecule has 53 heavy (non-hydrogen) atoms. The van der Waals surface area contributed by atoms with Crippen molar-refractivity contribution >= 4 is 37.9 Å². The molecular weight excluding hydrogens is 653 g/mol. The summed E-state index contributed by atoms with van der Waals surface area (Å²) < 4.78 is 0. The third-order valence-corrected chi connectivity index (χ3v) is 9.95. The van der Waals surface area contributed by atoms with Gasteiger partial charge in [-0.05, 0) is 95.9 Å². The molecule has 0 aliphatic heterocycles. The van der Waals surface area contributed by atoms with E-state index in [2.05, 4.69) is 104 Å². The van der Waals surface area contributed by atoms with Crippen molar-refractivity contribution in [2.24, 2.45) is 0 Å². The number of allylic oxidation sites excluding steroid dienone is 2. The van der Waals surface area contributed by atoms with Gasteiger partial charge in [0.15, 0.2) is 11.5 Å². The number of aliphatic hydroxyl groups excluding tert-OH is 4. The molecule has 8 aromatic carbocycles. The number of rotatable bonds is 7. The first-order valence-electron chi connectivity index (χ1n) is 17.4. The molecule has 0 atom stereocenters. The van der Waals surface area contributed by atoms with Crippen LogP contribution in [0, 0.1) is 0 Å². The van der Waals surface area contributed by atoms with Crippen molar-refractivity contribution in [1.29, 1.82) is 0 Å². The van der Waals surface area contributed by atoms with Gasteiger partial charge in [-0.15, -0.1) is 0 Å². The number of benzene rings is 8. The van der Waals surface area contributed by atoms with Gasteiger partial charge in [0, 0.05) is 5.56 Å². The lowest BCUT2D eigenvalue weighted by molar-refractivity contribution is 0.285. The summed E-state index contributed by atoms with van der Waals surface area (Å²) in [5.41, 5.74) is 8.95. The van der Waals surface area contributed by atoms with Gasteiger partial charge in [0.25, 0.3) is 0 Å². The predicted octanol–water partition coefficient (Wildman–Crippen LogP) is 13.5. The maximum Gasteiger partial charge on any atom is 0.196 e. The zero-order chi connectivity index (χ0) is 36.6. The van der Waals surface area contributed by atoms with Crippen LogP contribution < -0.4 is 0 Å². The molecule has 0 saturated heterocycles. The zero-order valence-corrected chi connectivity index (χ0v) is 29.1. The number of hydrogen-bond acceptors (Lipinski definition) is 4. The minimum atomic E-state index is -0.738. The van der Waals surface area contributed by atoms with Gasteiger partial charge in [-0.1, -0.05) is 158 Å². The van der Waals surface area contributed by atoms with Crippen molar-refractivity contribution in [2.75, 3.05) is 0 Å². The summed E-state index contributed by atoms with van der Waals surface area (Å²) in [6, 6.07) is 56.2. The molecule has 4 N–H and O–H groups in total. The maximum absolute atomic E-state index is 11.3. The third-order valence-electron chi connectivity index (χ3n) is 9.95. The maximum atomic E-state index is 11.3. The summed E-state index contributed by atoms with van der Waals surface area (Å²) in [6.07, 6.45) is 0. The number of fused-ring (bicyclic) bond motifs is 3. The lowest BCUT2D eigenvalue weighted by Crippen LogP contribution is -2.02. The first kappa shape index (κ1) is 33.1. The smallest absolute Gasteiger partial charge is 0.196 e. The molecule has 0 aliphatic rings. The molecule has 8 rings (SSSR count). The van der Waals surface area contributed by atoms with Crippen LogP contribution in [-0.4, -0.2) is 20.4 Å². The van der Waals surface area contributed by atoms with Gasteiger partial charge in [-0.3, -0.25) is 0 Å². The van der Waals surface area contributed by atoms with Gasteiger partial charge in [0.05, 0.1) is 5.57 Å². The molecule has 256 valence electrons. The van der Waals surface area contributed by atoms with Crippen molar-refractivity contribution in [3.8, 4) is 44.5 Å². The van der Waals surface area contributed by atoms with Crippen LogP contribution in [0.4, 0.5) is 0 Å². The Hall–Kier alpha value is -7.04. The second-order valence-corrected chi connectivity index (χ2v) is 13.2. The average Bonchev–Trinajstić information content (AvgIpc) is 3.20. The van der Waals surface area contributed by atoms with Crippen LogP contribution >= 0.6 is 0 Å². The quantitative estimate of drug-likeness (QED) is 0.0763. The Morgan fingerprint density at radius 1 is 0.415 bits per heavy atom. The molecule has 0 saturated carbocycles. The normalized spacial score (nSPS) is 12.5. The number of aliphatic hydroxyl groups is 4. The zero-order valence-electron chi connectivity index (χ0n) is 29.1. The highest BCUT2D eigenvalue weighted by Crippen LogP contribution is 2.47. The van der Waals surface area contributed by atoms with E-state index in [-0.39, 0.29) is 5.57 Å². The Balaban J connectivity index is 1.38.